The minimum absolute atomic E-state index is 0.101. The maximum atomic E-state index is 12.9. The Morgan fingerprint density at radius 2 is 1.89 bits per heavy atom. The number of ether oxygens (including phenoxy) is 1. The Morgan fingerprint density at radius 3 is 2.51 bits per heavy atom. The molecule has 1 aliphatic heterocycles. The number of benzene rings is 1. The van der Waals surface area contributed by atoms with E-state index < -0.39 is 20.6 Å². The van der Waals surface area contributed by atoms with Crippen molar-refractivity contribution in [2.45, 2.75) is 37.0 Å². The maximum Gasteiger partial charge on any atom is 0.324 e. The standard InChI is InChI=1S/C26H30N6O4S/c1-18-17-36-15-14-32(18)23-16-21(26(11-5-12-26)37(2,34)35)29-24(31-23)19-7-9-20(10-8-19)28-25(33)30-22-6-3-4-13-27-22/h3-4,6-10,13,16,18H,5,11-12,14-15,17H2,1-2H3,(H2,27,28,30,33)/t18-/m0/s1. The number of pyridine rings is 1. The first-order chi connectivity index (χ1) is 17.7. The van der Waals surface area contributed by atoms with Crippen molar-refractivity contribution in [1.29, 1.82) is 0 Å². The normalized spacial score (nSPS) is 19.1. The highest BCUT2D eigenvalue weighted by Crippen LogP contribution is 2.48. The number of nitrogens with zero attached hydrogens (tertiary/aromatic N) is 4. The van der Waals surface area contributed by atoms with Gasteiger partial charge in [0.2, 0.25) is 0 Å². The Hall–Kier alpha value is -3.57. The molecular weight excluding hydrogens is 492 g/mol. The van der Waals surface area contributed by atoms with Crippen LogP contribution >= 0.6 is 0 Å². The molecule has 0 unspecified atom stereocenters. The number of carbonyl (C=O) groups excluding carboxylic acids is 1. The van der Waals surface area contributed by atoms with Crippen molar-refractivity contribution in [3.63, 3.8) is 0 Å². The minimum Gasteiger partial charge on any atom is -0.377 e. The average Bonchev–Trinajstić information content (AvgIpc) is 2.83. The van der Waals surface area contributed by atoms with Gasteiger partial charge < -0.3 is 15.0 Å². The van der Waals surface area contributed by atoms with Crippen LogP contribution in [0.25, 0.3) is 11.4 Å². The van der Waals surface area contributed by atoms with Crippen molar-refractivity contribution < 1.29 is 17.9 Å². The zero-order valence-corrected chi connectivity index (χ0v) is 21.7. The summed E-state index contributed by atoms with van der Waals surface area (Å²) in [6.07, 6.45) is 4.84. The molecule has 5 rings (SSSR count). The number of urea groups is 1. The third-order valence-electron chi connectivity index (χ3n) is 7.02. The van der Waals surface area contributed by atoms with Crippen LogP contribution < -0.4 is 15.5 Å². The lowest BCUT2D eigenvalue weighted by Crippen LogP contribution is -2.45. The highest BCUT2D eigenvalue weighted by molar-refractivity contribution is 7.91. The maximum absolute atomic E-state index is 12.9. The van der Waals surface area contributed by atoms with Crippen LogP contribution in [0.2, 0.25) is 0 Å². The summed E-state index contributed by atoms with van der Waals surface area (Å²) in [4.78, 5) is 28.1. The number of rotatable bonds is 6. The van der Waals surface area contributed by atoms with E-state index in [-0.39, 0.29) is 6.04 Å². The van der Waals surface area contributed by atoms with Gasteiger partial charge in [0, 0.05) is 36.3 Å². The molecular formula is C26H30N6O4S. The summed E-state index contributed by atoms with van der Waals surface area (Å²) in [5, 5.41) is 5.46. The molecule has 0 bridgehead atoms. The zero-order valence-electron chi connectivity index (χ0n) is 20.8. The monoisotopic (exact) mass is 522 g/mol. The van der Waals surface area contributed by atoms with E-state index >= 15 is 0 Å². The van der Waals surface area contributed by atoms with Crippen LogP contribution in [0, 0.1) is 0 Å². The van der Waals surface area contributed by atoms with Gasteiger partial charge in [-0.2, -0.15) is 0 Å². The number of hydrogen-bond acceptors (Lipinski definition) is 8. The highest BCUT2D eigenvalue weighted by atomic mass is 32.2. The molecule has 0 spiro atoms. The van der Waals surface area contributed by atoms with Gasteiger partial charge in [0.1, 0.15) is 16.4 Å². The highest BCUT2D eigenvalue weighted by Gasteiger charge is 2.49. The smallest absolute Gasteiger partial charge is 0.324 e. The number of nitrogens with one attached hydrogen (secondary N) is 2. The molecule has 1 saturated carbocycles. The molecule has 11 heteroatoms. The molecule has 2 amide bonds. The van der Waals surface area contributed by atoms with E-state index in [4.69, 9.17) is 14.7 Å². The molecule has 1 atom stereocenters. The van der Waals surface area contributed by atoms with Crippen LogP contribution in [0.5, 0.6) is 0 Å². The Balaban J connectivity index is 1.45. The molecule has 10 nitrogen and oxygen atoms in total. The topological polar surface area (TPSA) is 126 Å². The first-order valence-electron chi connectivity index (χ1n) is 12.3. The number of carbonyl (C=O) groups is 1. The first kappa shape index (κ1) is 25.1. The summed E-state index contributed by atoms with van der Waals surface area (Å²) in [6.45, 7) is 3.88. The lowest BCUT2D eigenvalue weighted by Gasteiger charge is -2.40. The third kappa shape index (κ3) is 5.14. The molecule has 37 heavy (non-hydrogen) atoms. The van der Waals surface area contributed by atoms with Gasteiger partial charge in [-0.3, -0.25) is 5.32 Å². The lowest BCUT2D eigenvalue weighted by molar-refractivity contribution is 0.0985. The molecule has 1 aromatic carbocycles. The van der Waals surface area contributed by atoms with E-state index in [2.05, 4.69) is 27.4 Å². The van der Waals surface area contributed by atoms with Crippen molar-refractivity contribution in [2.75, 3.05) is 41.5 Å². The Kier molecular flexibility index (Phi) is 6.82. The minimum atomic E-state index is -3.38. The van der Waals surface area contributed by atoms with Gasteiger partial charge in [-0.1, -0.05) is 6.07 Å². The first-order valence-corrected chi connectivity index (χ1v) is 14.2. The summed E-state index contributed by atoms with van der Waals surface area (Å²) in [7, 11) is -3.38. The van der Waals surface area contributed by atoms with E-state index in [1.54, 1.807) is 36.5 Å². The number of aromatic nitrogens is 3. The summed E-state index contributed by atoms with van der Waals surface area (Å²) in [6, 6.07) is 13.9. The molecule has 2 fully saturated rings. The van der Waals surface area contributed by atoms with Crippen molar-refractivity contribution >= 4 is 33.2 Å². The van der Waals surface area contributed by atoms with Gasteiger partial charge in [0.25, 0.3) is 0 Å². The Morgan fingerprint density at radius 1 is 1.11 bits per heavy atom. The van der Waals surface area contributed by atoms with Crippen molar-refractivity contribution in [2.24, 2.45) is 0 Å². The average molecular weight is 523 g/mol. The van der Waals surface area contributed by atoms with Gasteiger partial charge in [-0.05, 0) is 62.6 Å². The summed E-state index contributed by atoms with van der Waals surface area (Å²) in [5.74, 6) is 1.59. The van der Waals surface area contributed by atoms with Crippen LogP contribution in [0.15, 0.2) is 54.7 Å². The predicted molar refractivity (Wildman–Crippen MR) is 142 cm³/mol. The second-order valence-corrected chi connectivity index (χ2v) is 11.9. The number of sulfone groups is 1. The number of morpholine rings is 1. The third-order valence-corrected chi connectivity index (χ3v) is 9.06. The zero-order chi connectivity index (χ0) is 26.0. The van der Waals surface area contributed by atoms with E-state index in [1.165, 1.54) is 6.26 Å². The summed E-state index contributed by atoms with van der Waals surface area (Å²) < 4.78 is 30.3. The fourth-order valence-corrected chi connectivity index (χ4v) is 6.26. The lowest BCUT2D eigenvalue weighted by atomic mass is 9.81. The molecule has 194 valence electrons. The number of amides is 2. The largest absolute Gasteiger partial charge is 0.377 e. The van der Waals surface area contributed by atoms with Crippen molar-refractivity contribution in [1.82, 2.24) is 15.0 Å². The van der Waals surface area contributed by atoms with Crippen LogP contribution in [-0.2, 0) is 19.3 Å². The van der Waals surface area contributed by atoms with Crippen LogP contribution in [0.1, 0.15) is 31.9 Å². The summed E-state index contributed by atoms with van der Waals surface area (Å²) >= 11 is 0. The second kappa shape index (κ2) is 10.1. The molecule has 2 aromatic heterocycles. The Labute approximate surface area is 216 Å². The quantitative estimate of drug-likeness (QED) is 0.500. The van der Waals surface area contributed by atoms with Crippen LogP contribution in [0.4, 0.5) is 22.1 Å². The van der Waals surface area contributed by atoms with Crippen molar-refractivity contribution in [3.8, 4) is 11.4 Å². The van der Waals surface area contributed by atoms with Crippen molar-refractivity contribution in [3.05, 3.63) is 60.4 Å². The molecule has 3 heterocycles. The molecule has 2 aliphatic rings. The fraction of sp³-hybridized carbons (Fsp3) is 0.385. The van der Waals surface area contributed by atoms with Gasteiger partial charge in [-0.15, -0.1) is 0 Å². The Bertz CT molecular complexity index is 1380. The van der Waals surface area contributed by atoms with E-state index in [1.807, 2.05) is 18.2 Å². The van der Waals surface area contributed by atoms with E-state index in [9.17, 15) is 13.2 Å². The van der Waals surface area contributed by atoms with Gasteiger partial charge in [0.15, 0.2) is 15.7 Å². The van der Waals surface area contributed by atoms with E-state index in [0.717, 1.165) is 12.0 Å². The SMILES string of the molecule is C[C@H]1COCCN1c1cc(C2(S(C)(=O)=O)CCC2)nc(-c2ccc(NC(=O)Nc3ccccn3)cc2)n1. The van der Waals surface area contributed by atoms with Crippen LogP contribution in [0.3, 0.4) is 0 Å². The molecule has 1 saturated heterocycles. The second-order valence-electron chi connectivity index (χ2n) is 9.54. The number of hydrogen-bond donors (Lipinski definition) is 2. The van der Waals surface area contributed by atoms with Crippen LogP contribution in [-0.4, -0.2) is 61.5 Å². The predicted octanol–water partition coefficient (Wildman–Crippen LogP) is 3.83. The molecule has 2 N–H and O–H groups in total. The molecule has 3 aromatic rings. The van der Waals surface area contributed by atoms with E-state index in [0.29, 0.717) is 61.4 Å². The molecule has 0 radical (unpaired) electrons. The fourth-order valence-electron chi connectivity index (χ4n) is 4.74. The summed E-state index contributed by atoms with van der Waals surface area (Å²) in [5.41, 5.74) is 1.85. The van der Waals surface area contributed by atoms with Gasteiger partial charge in [-0.25, -0.2) is 28.2 Å². The number of anilines is 3. The van der Waals surface area contributed by atoms with Gasteiger partial charge in [0.05, 0.1) is 24.9 Å². The van der Waals surface area contributed by atoms with Gasteiger partial charge >= 0.3 is 6.03 Å². The molecule has 1 aliphatic carbocycles.